The van der Waals surface area contributed by atoms with Crippen LogP contribution in [0.1, 0.15) is 13.3 Å². The molecule has 1 fully saturated rings. The van der Waals surface area contributed by atoms with Gasteiger partial charge in [0.15, 0.2) is 0 Å². The molecule has 3 unspecified atom stereocenters. The molecular formula is C12H17BrN4O. The lowest BCUT2D eigenvalue weighted by Gasteiger charge is -2.32. The lowest BCUT2D eigenvalue weighted by molar-refractivity contribution is -0.119. The minimum Gasteiger partial charge on any atom is -0.368 e. The molecule has 18 heavy (non-hydrogen) atoms. The van der Waals surface area contributed by atoms with E-state index in [2.05, 4.69) is 26.2 Å². The van der Waals surface area contributed by atoms with Crippen molar-refractivity contribution in [3.05, 3.63) is 11.6 Å². The van der Waals surface area contributed by atoms with Gasteiger partial charge in [-0.3, -0.25) is 9.79 Å². The molecule has 3 atom stereocenters. The van der Waals surface area contributed by atoms with Crippen molar-refractivity contribution in [3.8, 4) is 6.07 Å². The summed E-state index contributed by atoms with van der Waals surface area (Å²) in [5.41, 5.74) is 6.39. The van der Waals surface area contributed by atoms with E-state index in [1.165, 1.54) is 0 Å². The third kappa shape index (κ3) is 4.24. The van der Waals surface area contributed by atoms with Crippen molar-refractivity contribution in [2.45, 2.75) is 24.2 Å². The molecule has 0 aromatic rings. The van der Waals surface area contributed by atoms with Crippen molar-refractivity contribution in [1.29, 1.82) is 5.26 Å². The molecule has 2 rings (SSSR count). The predicted molar refractivity (Wildman–Crippen MR) is 74.5 cm³/mol. The van der Waals surface area contributed by atoms with E-state index in [0.717, 1.165) is 25.1 Å². The van der Waals surface area contributed by atoms with Gasteiger partial charge in [-0.2, -0.15) is 5.26 Å². The molecule has 0 aromatic heterocycles. The Labute approximate surface area is 115 Å². The van der Waals surface area contributed by atoms with Gasteiger partial charge < -0.3 is 11.1 Å². The summed E-state index contributed by atoms with van der Waals surface area (Å²) in [6.45, 7) is 3.43. The molecule has 0 bridgehead atoms. The van der Waals surface area contributed by atoms with E-state index in [-0.39, 0.29) is 16.8 Å². The SMILES string of the molecule is CC(Br)C#N.NC(=O)C1NCCC2CN=CC=C21. The second-order valence-corrected chi connectivity index (χ2v) is 5.57. The van der Waals surface area contributed by atoms with Crippen molar-refractivity contribution < 1.29 is 4.79 Å². The van der Waals surface area contributed by atoms with Crippen molar-refractivity contribution >= 4 is 28.1 Å². The molecule has 0 aromatic carbocycles. The molecule has 98 valence electrons. The summed E-state index contributed by atoms with van der Waals surface area (Å²) in [6.07, 6.45) is 4.72. The number of nitriles is 1. The molecule has 1 saturated heterocycles. The van der Waals surface area contributed by atoms with E-state index in [4.69, 9.17) is 11.0 Å². The molecule has 0 saturated carbocycles. The van der Waals surface area contributed by atoms with E-state index < -0.39 is 0 Å². The quantitative estimate of drug-likeness (QED) is 0.700. The lowest BCUT2D eigenvalue weighted by Crippen LogP contribution is -2.49. The molecule has 2 aliphatic rings. The van der Waals surface area contributed by atoms with Gasteiger partial charge >= 0.3 is 0 Å². The van der Waals surface area contributed by atoms with Crippen LogP contribution in [0.2, 0.25) is 0 Å². The highest BCUT2D eigenvalue weighted by Crippen LogP contribution is 2.24. The molecule has 2 aliphatic heterocycles. The van der Waals surface area contributed by atoms with E-state index in [0.29, 0.717) is 5.92 Å². The number of hydrogen-bond acceptors (Lipinski definition) is 4. The van der Waals surface area contributed by atoms with Gasteiger partial charge in [-0.15, -0.1) is 0 Å². The Bertz CT molecular complexity index is 397. The van der Waals surface area contributed by atoms with Crippen molar-refractivity contribution in [2.24, 2.45) is 16.6 Å². The first-order valence-corrected chi connectivity index (χ1v) is 6.74. The van der Waals surface area contributed by atoms with E-state index >= 15 is 0 Å². The molecule has 0 aliphatic carbocycles. The molecule has 2 heterocycles. The standard InChI is InChI=1S/C9H13N3O.C3H4BrN/c10-9(13)8-7-2-3-11-5-6(7)1-4-12-8;1-3(4)2-5/h2-3,6,8,12H,1,4-5H2,(H2,10,13);3H,1H3. The topological polar surface area (TPSA) is 91.3 Å². The van der Waals surface area contributed by atoms with Crippen LogP contribution in [0.5, 0.6) is 0 Å². The minimum atomic E-state index is -0.286. The fourth-order valence-corrected chi connectivity index (χ4v) is 1.94. The van der Waals surface area contributed by atoms with Gasteiger partial charge in [0.1, 0.15) is 6.04 Å². The number of nitrogens with one attached hydrogen (secondary N) is 1. The highest BCUT2D eigenvalue weighted by Gasteiger charge is 2.30. The Morgan fingerprint density at radius 2 is 2.44 bits per heavy atom. The summed E-state index contributed by atoms with van der Waals surface area (Å²) >= 11 is 3.01. The molecule has 5 nitrogen and oxygen atoms in total. The number of carbonyl (C=O) groups is 1. The molecule has 0 spiro atoms. The van der Waals surface area contributed by atoms with Gasteiger partial charge in [0.05, 0.1) is 10.9 Å². The smallest absolute Gasteiger partial charge is 0.238 e. The maximum atomic E-state index is 11.1. The first-order chi connectivity index (χ1) is 8.56. The number of nitrogens with zero attached hydrogens (tertiary/aromatic N) is 2. The van der Waals surface area contributed by atoms with Gasteiger partial charge in [0.25, 0.3) is 0 Å². The average Bonchev–Trinajstić information content (AvgIpc) is 2.38. The summed E-state index contributed by atoms with van der Waals surface area (Å²) in [7, 11) is 0. The Kier molecular flexibility index (Phi) is 6.02. The lowest BCUT2D eigenvalue weighted by atomic mass is 9.85. The predicted octanol–water partition coefficient (Wildman–Crippen LogP) is 0.754. The number of hydrogen-bond donors (Lipinski definition) is 2. The Morgan fingerprint density at radius 3 is 3.00 bits per heavy atom. The van der Waals surface area contributed by atoms with Crippen LogP contribution in [-0.2, 0) is 4.79 Å². The van der Waals surface area contributed by atoms with Crippen LogP contribution in [0.4, 0.5) is 0 Å². The highest BCUT2D eigenvalue weighted by molar-refractivity contribution is 9.09. The number of halogens is 1. The van der Waals surface area contributed by atoms with Gasteiger partial charge in [-0.25, -0.2) is 0 Å². The van der Waals surface area contributed by atoms with Crippen LogP contribution >= 0.6 is 15.9 Å². The second kappa shape index (κ2) is 7.29. The molecule has 6 heteroatoms. The maximum absolute atomic E-state index is 11.1. The van der Waals surface area contributed by atoms with Crippen molar-refractivity contribution in [3.63, 3.8) is 0 Å². The fourth-order valence-electron chi connectivity index (χ4n) is 1.94. The summed E-state index contributed by atoms with van der Waals surface area (Å²) in [6, 6.07) is 1.67. The third-order valence-corrected chi connectivity index (χ3v) is 3.01. The van der Waals surface area contributed by atoms with E-state index in [1.54, 1.807) is 13.1 Å². The zero-order chi connectivity index (χ0) is 13.5. The van der Waals surface area contributed by atoms with E-state index in [1.807, 2.05) is 12.1 Å². The minimum absolute atomic E-state index is 0.00231. The maximum Gasteiger partial charge on any atom is 0.238 e. The third-order valence-electron chi connectivity index (χ3n) is 2.81. The Morgan fingerprint density at radius 1 is 1.78 bits per heavy atom. The van der Waals surface area contributed by atoms with Crippen molar-refractivity contribution in [2.75, 3.05) is 13.1 Å². The summed E-state index contributed by atoms with van der Waals surface area (Å²) < 4.78 is 0. The van der Waals surface area contributed by atoms with Gasteiger partial charge in [-0.1, -0.05) is 15.9 Å². The molecule has 3 N–H and O–H groups in total. The average molecular weight is 313 g/mol. The number of dihydropyridines is 1. The van der Waals surface area contributed by atoms with Crippen LogP contribution < -0.4 is 11.1 Å². The van der Waals surface area contributed by atoms with Crippen LogP contribution in [0.15, 0.2) is 16.6 Å². The van der Waals surface area contributed by atoms with Crippen LogP contribution in [0.3, 0.4) is 0 Å². The number of aliphatic imine (C=N–C) groups is 1. The number of primary amides is 1. The normalized spacial score (nSPS) is 26.8. The number of carbonyl (C=O) groups excluding carboxylic acids is 1. The number of rotatable bonds is 1. The number of amides is 1. The molecule has 1 amide bonds. The monoisotopic (exact) mass is 312 g/mol. The van der Waals surface area contributed by atoms with Gasteiger partial charge in [-0.05, 0) is 31.5 Å². The number of allylic oxidation sites excluding steroid dienone is 1. The second-order valence-electron chi connectivity index (χ2n) is 4.20. The van der Waals surface area contributed by atoms with Crippen LogP contribution in [0.25, 0.3) is 0 Å². The molecular weight excluding hydrogens is 296 g/mol. The van der Waals surface area contributed by atoms with Gasteiger partial charge in [0.2, 0.25) is 5.91 Å². The number of alkyl halides is 1. The Balaban J connectivity index is 0.000000280. The molecule has 0 radical (unpaired) electrons. The first kappa shape index (κ1) is 14.9. The number of nitrogens with two attached hydrogens (primary N) is 1. The summed E-state index contributed by atoms with van der Waals surface area (Å²) in [5, 5.41) is 11.0. The Hall–Kier alpha value is -1.19. The van der Waals surface area contributed by atoms with E-state index in [9.17, 15) is 4.79 Å². The summed E-state index contributed by atoms with van der Waals surface area (Å²) in [4.78, 5) is 15.3. The van der Waals surface area contributed by atoms with Crippen molar-refractivity contribution in [1.82, 2.24) is 5.32 Å². The first-order valence-electron chi connectivity index (χ1n) is 5.82. The van der Waals surface area contributed by atoms with Crippen LogP contribution in [-0.4, -0.2) is 36.1 Å². The number of fused-ring (bicyclic) bond motifs is 1. The fraction of sp³-hybridized carbons (Fsp3) is 0.583. The largest absolute Gasteiger partial charge is 0.368 e. The highest BCUT2D eigenvalue weighted by atomic mass is 79.9. The number of piperidine rings is 1. The zero-order valence-electron chi connectivity index (χ0n) is 10.3. The summed E-state index contributed by atoms with van der Waals surface area (Å²) in [5.74, 6) is 0.134. The van der Waals surface area contributed by atoms with Gasteiger partial charge in [0, 0.05) is 18.7 Å². The van der Waals surface area contributed by atoms with Crippen LogP contribution in [0, 0.1) is 17.2 Å². The zero-order valence-corrected chi connectivity index (χ0v) is 11.9.